The summed E-state index contributed by atoms with van der Waals surface area (Å²) in [7, 11) is 0. The van der Waals surface area contributed by atoms with Gasteiger partial charge < -0.3 is 5.32 Å². The zero-order chi connectivity index (χ0) is 21.0. The van der Waals surface area contributed by atoms with Crippen LogP contribution in [0.4, 0.5) is 0 Å². The van der Waals surface area contributed by atoms with E-state index in [2.05, 4.69) is 64.0 Å². The van der Waals surface area contributed by atoms with Crippen molar-refractivity contribution in [1.29, 1.82) is 0 Å². The Hall–Kier alpha value is -0.120. The van der Waals surface area contributed by atoms with E-state index in [1.54, 1.807) is 0 Å². The van der Waals surface area contributed by atoms with Gasteiger partial charge in [-0.15, -0.1) is 0 Å². The van der Waals surface area contributed by atoms with Crippen LogP contribution < -0.4 is 10.6 Å². The molecule has 0 radical (unpaired) electrons. The Morgan fingerprint density at radius 3 is 1.93 bits per heavy atom. The topological polar surface area (TPSA) is 27.3 Å². The highest BCUT2D eigenvalue weighted by Gasteiger charge is 2.46. The van der Waals surface area contributed by atoms with Gasteiger partial charge in [0.2, 0.25) is 0 Å². The minimum absolute atomic E-state index is 0.198. The Bertz CT molecular complexity index is 391. The van der Waals surface area contributed by atoms with Crippen molar-refractivity contribution in [3.05, 3.63) is 0 Å². The highest BCUT2D eigenvalue weighted by molar-refractivity contribution is 5.04. The molecular formula is C25H53N3. The van der Waals surface area contributed by atoms with Gasteiger partial charge in [-0.05, 0) is 67.0 Å². The molecule has 0 aromatic heterocycles. The Morgan fingerprint density at radius 2 is 1.39 bits per heavy atom. The van der Waals surface area contributed by atoms with Gasteiger partial charge in [0.05, 0.1) is 6.17 Å². The van der Waals surface area contributed by atoms with E-state index in [1.165, 1.54) is 77.0 Å². The molecule has 0 aromatic rings. The van der Waals surface area contributed by atoms with Gasteiger partial charge in [0.25, 0.3) is 0 Å². The number of nitrogens with zero attached hydrogens (tertiary/aromatic N) is 1. The van der Waals surface area contributed by atoms with Crippen molar-refractivity contribution in [2.45, 2.75) is 149 Å². The van der Waals surface area contributed by atoms with Gasteiger partial charge in [0.1, 0.15) is 0 Å². The first kappa shape index (κ1) is 25.9. The lowest BCUT2D eigenvalue weighted by Crippen LogP contribution is -2.69. The molecule has 1 heterocycles. The number of piperidine rings is 1. The van der Waals surface area contributed by atoms with Gasteiger partial charge in [0, 0.05) is 17.1 Å². The van der Waals surface area contributed by atoms with Crippen LogP contribution in [-0.2, 0) is 0 Å². The molecule has 168 valence electrons. The maximum atomic E-state index is 3.89. The molecule has 2 atom stereocenters. The van der Waals surface area contributed by atoms with Crippen molar-refractivity contribution >= 4 is 0 Å². The van der Waals surface area contributed by atoms with E-state index >= 15 is 0 Å². The number of hydrogen-bond acceptors (Lipinski definition) is 3. The van der Waals surface area contributed by atoms with Crippen LogP contribution in [-0.4, -0.2) is 41.3 Å². The van der Waals surface area contributed by atoms with Crippen molar-refractivity contribution < 1.29 is 0 Å². The third-order valence-corrected chi connectivity index (χ3v) is 7.07. The maximum Gasteiger partial charge on any atom is 0.0545 e. The summed E-state index contributed by atoms with van der Waals surface area (Å²) in [4.78, 5) is 2.69. The van der Waals surface area contributed by atoms with Gasteiger partial charge in [-0.3, -0.25) is 10.2 Å². The van der Waals surface area contributed by atoms with Gasteiger partial charge in [-0.1, -0.05) is 71.6 Å². The van der Waals surface area contributed by atoms with E-state index in [9.17, 15) is 0 Å². The van der Waals surface area contributed by atoms with Crippen molar-refractivity contribution in [1.82, 2.24) is 15.5 Å². The maximum absolute atomic E-state index is 3.89. The largest absolute Gasteiger partial charge is 0.302 e. The van der Waals surface area contributed by atoms with Crippen LogP contribution in [0.1, 0.15) is 126 Å². The van der Waals surface area contributed by atoms with Crippen LogP contribution >= 0.6 is 0 Å². The lowest BCUT2D eigenvalue weighted by atomic mass is 9.76. The lowest BCUT2D eigenvalue weighted by molar-refractivity contribution is -0.0474. The monoisotopic (exact) mass is 395 g/mol. The molecule has 3 heteroatoms. The second-order valence-electron chi connectivity index (χ2n) is 10.3. The zero-order valence-electron chi connectivity index (χ0n) is 20.5. The molecule has 2 unspecified atom stereocenters. The molecular weight excluding hydrogens is 342 g/mol. The van der Waals surface area contributed by atoms with Gasteiger partial charge in [-0.25, -0.2) is 0 Å². The fraction of sp³-hybridized carbons (Fsp3) is 1.00. The third kappa shape index (κ3) is 8.71. The van der Waals surface area contributed by atoms with Crippen molar-refractivity contribution in [3.63, 3.8) is 0 Å². The Morgan fingerprint density at radius 1 is 0.857 bits per heavy atom. The van der Waals surface area contributed by atoms with Gasteiger partial charge >= 0.3 is 0 Å². The van der Waals surface area contributed by atoms with Crippen LogP contribution in [0.15, 0.2) is 0 Å². The first-order valence-corrected chi connectivity index (χ1v) is 12.5. The van der Waals surface area contributed by atoms with E-state index < -0.39 is 0 Å². The molecule has 1 fully saturated rings. The minimum atomic E-state index is 0.198. The van der Waals surface area contributed by atoms with Crippen molar-refractivity contribution in [2.24, 2.45) is 0 Å². The molecule has 0 amide bonds. The molecule has 1 aliphatic rings. The summed E-state index contributed by atoms with van der Waals surface area (Å²) in [6.07, 6.45) is 17.0. The molecule has 1 saturated heterocycles. The van der Waals surface area contributed by atoms with Crippen molar-refractivity contribution in [2.75, 3.05) is 13.1 Å². The SMILES string of the molecule is CCCCCCCCCCCCNC(C)NC1CCC(C)(C)N(CC)C1(C)C. The zero-order valence-corrected chi connectivity index (χ0v) is 20.5. The Kier molecular flexibility index (Phi) is 12.3. The summed E-state index contributed by atoms with van der Waals surface area (Å²) in [6, 6.07) is 0.552. The summed E-state index contributed by atoms with van der Waals surface area (Å²) >= 11 is 0. The molecule has 28 heavy (non-hydrogen) atoms. The summed E-state index contributed by atoms with van der Waals surface area (Å²) < 4.78 is 0. The first-order chi connectivity index (χ1) is 13.3. The molecule has 1 aliphatic heterocycles. The number of hydrogen-bond donors (Lipinski definition) is 2. The lowest BCUT2D eigenvalue weighted by Gasteiger charge is -2.57. The summed E-state index contributed by atoms with van der Waals surface area (Å²) in [5.74, 6) is 0. The standard InChI is InChI=1S/C25H53N3/c1-8-10-11-12-13-14-15-16-17-18-21-26-22(3)27-23-19-20-24(4,5)28(9-2)25(23,6)7/h22-23,26-27H,8-21H2,1-7H3. The van der Waals surface area contributed by atoms with Crippen LogP contribution in [0.25, 0.3) is 0 Å². The normalized spacial score (nSPS) is 23.0. The van der Waals surface area contributed by atoms with E-state index in [0.717, 1.165) is 13.1 Å². The smallest absolute Gasteiger partial charge is 0.0545 e. The average molecular weight is 396 g/mol. The number of likely N-dealkylation sites (tertiary alicyclic amines) is 1. The number of nitrogens with one attached hydrogen (secondary N) is 2. The molecule has 0 aliphatic carbocycles. The first-order valence-electron chi connectivity index (χ1n) is 12.5. The number of rotatable bonds is 15. The number of unbranched alkanes of at least 4 members (excludes halogenated alkanes) is 9. The fourth-order valence-electron chi connectivity index (χ4n) is 5.37. The Balaban J connectivity index is 2.14. The summed E-state index contributed by atoms with van der Waals surface area (Å²) in [5, 5.41) is 7.61. The molecule has 0 aromatic carbocycles. The van der Waals surface area contributed by atoms with Crippen LogP contribution in [0, 0.1) is 0 Å². The quantitative estimate of drug-likeness (QED) is 0.246. The molecule has 3 nitrogen and oxygen atoms in total. The van der Waals surface area contributed by atoms with Gasteiger partial charge in [0.15, 0.2) is 0 Å². The highest BCUT2D eigenvalue weighted by atomic mass is 15.3. The Labute approximate surface area is 177 Å². The van der Waals surface area contributed by atoms with E-state index in [0.29, 0.717) is 17.7 Å². The second-order valence-corrected chi connectivity index (χ2v) is 10.3. The van der Waals surface area contributed by atoms with Gasteiger partial charge in [-0.2, -0.15) is 0 Å². The average Bonchev–Trinajstić information content (AvgIpc) is 2.62. The fourth-order valence-corrected chi connectivity index (χ4v) is 5.37. The van der Waals surface area contributed by atoms with Crippen LogP contribution in [0.5, 0.6) is 0 Å². The van der Waals surface area contributed by atoms with E-state index in [-0.39, 0.29) is 5.54 Å². The predicted octanol–water partition coefficient (Wildman–Crippen LogP) is 6.47. The van der Waals surface area contributed by atoms with Crippen molar-refractivity contribution in [3.8, 4) is 0 Å². The number of likely N-dealkylation sites (N-methyl/N-ethyl adjacent to an activating group) is 1. The van der Waals surface area contributed by atoms with Crippen LogP contribution in [0.2, 0.25) is 0 Å². The predicted molar refractivity (Wildman–Crippen MR) is 126 cm³/mol. The molecule has 0 bridgehead atoms. The summed E-state index contributed by atoms with van der Waals surface area (Å²) in [5.41, 5.74) is 0.507. The van der Waals surface area contributed by atoms with E-state index in [4.69, 9.17) is 0 Å². The molecule has 2 N–H and O–H groups in total. The molecule has 1 rings (SSSR count). The molecule has 0 saturated carbocycles. The second kappa shape index (κ2) is 13.2. The molecule has 0 spiro atoms. The highest BCUT2D eigenvalue weighted by Crippen LogP contribution is 2.38. The van der Waals surface area contributed by atoms with Crippen LogP contribution in [0.3, 0.4) is 0 Å². The summed E-state index contributed by atoms with van der Waals surface area (Å²) in [6.45, 7) is 18.8. The minimum Gasteiger partial charge on any atom is -0.302 e. The van der Waals surface area contributed by atoms with E-state index in [1.807, 2.05) is 0 Å². The third-order valence-electron chi connectivity index (χ3n) is 7.07.